The number of alkyl halides is 3. The van der Waals surface area contributed by atoms with Gasteiger partial charge >= 0.3 is 6.18 Å². The molecule has 0 spiro atoms. The first-order valence-electron chi connectivity index (χ1n) is 9.08. The second-order valence-electron chi connectivity index (χ2n) is 6.81. The Morgan fingerprint density at radius 2 is 1.74 bits per heavy atom. The number of nitrogens with one attached hydrogen (secondary N) is 1. The van der Waals surface area contributed by atoms with Crippen LogP contribution >= 0.6 is 0 Å². The molecule has 1 amide bonds. The van der Waals surface area contributed by atoms with Gasteiger partial charge in [-0.25, -0.2) is 13.8 Å². The third kappa shape index (κ3) is 3.74. The third-order valence-corrected chi connectivity index (χ3v) is 4.71. The van der Waals surface area contributed by atoms with Crippen LogP contribution in [0.2, 0.25) is 0 Å². The predicted molar refractivity (Wildman–Crippen MR) is 105 cm³/mol. The van der Waals surface area contributed by atoms with Crippen molar-refractivity contribution in [2.75, 3.05) is 5.32 Å². The van der Waals surface area contributed by atoms with E-state index in [2.05, 4.69) is 10.3 Å². The van der Waals surface area contributed by atoms with Crippen molar-refractivity contribution in [3.63, 3.8) is 0 Å². The number of fused-ring (bicyclic) bond motifs is 1. The zero-order chi connectivity index (χ0) is 22.3. The van der Waals surface area contributed by atoms with E-state index in [1.54, 1.807) is 19.1 Å². The fourth-order valence-electron chi connectivity index (χ4n) is 3.32. The van der Waals surface area contributed by atoms with Crippen LogP contribution in [0.4, 0.5) is 27.6 Å². The van der Waals surface area contributed by atoms with Gasteiger partial charge in [-0.1, -0.05) is 18.2 Å². The van der Waals surface area contributed by atoms with Crippen molar-refractivity contribution in [1.29, 1.82) is 0 Å². The van der Waals surface area contributed by atoms with Gasteiger partial charge in [0.15, 0.2) is 11.6 Å². The van der Waals surface area contributed by atoms with E-state index in [-0.39, 0.29) is 22.4 Å². The predicted octanol–water partition coefficient (Wildman–Crippen LogP) is 5.88. The molecular formula is C22H14F5N3O. The van der Waals surface area contributed by atoms with Crippen molar-refractivity contribution < 1.29 is 26.7 Å². The van der Waals surface area contributed by atoms with Crippen LogP contribution in [0.1, 0.15) is 21.7 Å². The number of benzene rings is 3. The quantitative estimate of drug-likeness (QED) is 0.412. The van der Waals surface area contributed by atoms with Gasteiger partial charge < -0.3 is 5.32 Å². The average Bonchev–Trinajstić information content (AvgIpc) is 3.10. The highest BCUT2D eigenvalue weighted by atomic mass is 19.4. The number of rotatable bonds is 3. The van der Waals surface area contributed by atoms with E-state index in [9.17, 15) is 26.7 Å². The molecule has 4 nitrogen and oxygen atoms in total. The molecule has 0 bridgehead atoms. The molecule has 31 heavy (non-hydrogen) atoms. The normalized spacial score (nSPS) is 11.7. The van der Waals surface area contributed by atoms with Crippen LogP contribution in [-0.4, -0.2) is 15.5 Å². The number of aryl methyl sites for hydroxylation is 1. The highest BCUT2D eigenvalue weighted by Gasteiger charge is 2.38. The van der Waals surface area contributed by atoms with Crippen molar-refractivity contribution in [1.82, 2.24) is 9.55 Å². The molecule has 0 radical (unpaired) electrons. The first-order valence-corrected chi connectivity index (χ1v) is 9.08. The fourth-order valence-corrected chi connectivity index (χ4v) is 3.32. The number of para-hydroxylation sites is 2. The van der Waals surface area contributed by atoms with Gasteiger partial charge in [0.2, 0.25) is 5.82 Å². The Labute approximate surface area is 172 Å². The van der Waals surface area contributed by atoms with Gasteiger partial charge in [-0.15, -0.1) is 0 Å². The number of hydrogen-bond donors (Lipinski definition) is 1. The number of anilines is 1. The van der Waals surface area contributed by atoms with E-state index < -0.39 is 35.1 Å². The lowest BCUT2D eigenvalue weighted by Crippen LogP contribution is -2.16. The maximum atomic E-state index is 13.8. The van der Waals surface area contributed by atoms with Gasteiger partial charge in [0.05, 0.1) is 22.3 Å². The number of halogens is 5. The largest absolute Gasteiger partial charge is 0.450 e. The van der Waals surface area contributed by atoms with Gasteiger partial charge in [-0.3, -0.25) is 9.36 Å². The van der Waals surface area contributed by atoms with E-state index in [1.807, 2.05) is 0 Å². The highest BCUT2D eigenvalue weighted by molar-refractivity contribution is 6.04. The minimum atomic E-state index is -4.69. The van der Waals surface area contributed by atoms with Crippen LogP contribution in [0.5, 0.6) is 0 Å². The van der Waals surface area contributed by atoms with E-state index in [0.717, 1.165) is 16.7 Å². The van der Waals surface area contributed by atoms with Crippen LogP contribution in [0.15, 0.2) is 60.7 Å². The van der Waals surface area contributed by atoms with Gasteiger partial charge in [-0.2, -0.15) is 13.2 Å². The Morgan fingerprint density at radius 3 is 2.45 bits per heavy atom. The lowest BCUT2D eigenvalue weighted by Gasteiger charge is -2.15. The summed E-state index contributed by atoms with van der Waals surface area (Å²) in [5.41, 5.74) is 0.821. The molecule has 0 aliphatic carbocycles. The maximum Gasteiger partial charge on any atom is 0.450 e. The maximum absolute atomic E-state index is 13.8. The number of carbonyl (C=O) groups is 1. The summed E-state index contributed by atoms with van der Waals surface area (Å²) in [5.74, 6) is -4.40. The topological polar surface area (TPSA) is 46.9 Å². The standard InChI is InChI=1S/C22H14F5N3O/c1-12-11-13(28-20(31)14-5-4-6-15(23)19(14)24)9-10-17(12)30-18-8-3-2-7-16(18)29-21(30)22(25,26)27/h2-11H,1H3,(H,28,31). The fraction of sp³-hybridized carbons (Fsp3) is 0.0909. The molecule has 1 N–H and O–H groups in total. The molecule has 0 saturated carbocycles. The zero-order valence-corrected chi connectivity index (χ0v) is 16.0. The Kier molecular flexibility index (Phi) is 4.96. The monoisotopic (exact) mass is 431 g/mol. The second kappa shape index (κ2) is 7.50. The molecule has 4 aromatic rings. The van der Waals surface area contributed by atoms with E-state index in [4.69, 9.17) is 0 Å². The number of amides is 1. The summed E-state index contributed by atoms with van der Waals surface area (Å²) in [6.07, 6.45) is -4.69. The van der Waals surface area contributed by atoms with Gasteiger partial charge in [0.25, 0.3) is 5.91 Å². The third-order valence-electron chi connectivity index (χ3n) is 4.71. The number of nitrogens with zero attached hydrogens (tertiary/aromatic N) is 2. The Bertz CT molecular complexity index is 1310. The minimum absolute atomic E-state index is 0.188. The van der Waals surface area contributed by atoms with Gasteiger partial charge in [0, 0.05) is 5.69 Å². The summed E-state index contributed by atoms with van der Waals surface area (Å²) in [6.45, 7) is 1.57. The highest BCUT2D eigenvalue weighted by Crippen LogP contribution is 2.35. The molecule has 0 fully saturated rings. The minimum Gasteiger partial charge on any atom is -0.322 e. The molecule has 0 aliphatic heterocycles. The smallest absolute Gasteiger partial charge is 0.322 e. The van der Waals surface area contributed by atoms with E-state index in [0.29, 0.717) is 5.56 Å². The van der Waals surface area contributed by atoms with Crippen LogP contribution in [-0.2, 0) is 6.18 Å². The number of aromatic nitrogens is 2. The molecule has 0 aliphatic rings. The summed E-state index contributed by atoms with van der Waals surface area (Å²) < 4.78 is 69.0. The molecule has 9 heteroatoms. The van der Waals surface area contributed by atoms with E-state index >= 15 is 0 Å². The van der Waals surface area contributed by atoms with Crippen LogP contribution in [0.3, 0.4) is 0 Å². The molecule has 0 unspecified atom stereocenters. The summed E-state index contributed by atoms with van der Waals surface area (Å²) in [7, 11) is 0. The van der Waals surface area contributed by atoms with Crippen molar-refractivity contribution in [2.45, 2.75) is 13.1 Å². The Balaban J connectivity index is 1.74. The van der Waals surface area contributed by atoms with Crippen molar-refractivity contribution in [2.24, 2.45) is 0 Å². The molecule has 1 aromatic heterocycles. The van der Waals surface area contributed by atoms with Gasteiger partial charge in [0.1, 0.15) is 0 Å². The number of carbonyl (C=O) groups excluding carboxylic acids is 1. The second-order valence-corrected chi connectivity index (χ2v) is 6.81. The lowest BCUT2D eigenvalue weighted by molar-refractivity contribution is -0.145. The Hall–Kier alpha value is -3.75. The SMILES string of the molecule is Cc1cc(NC(=O)c2cccc(F)c2F)ccc1-n1c(C(F)(F)F)nc2ccccc21. The number of hydrogen-bond acceptors (Lipinski definition) is 2. The van der Waals surface area contributed by atoms with Crippen molar-refractivity contribution >= 4 is 22.6 Å². The van der Waals surface area contributed by atoms with Crippen LogP contribution in [0.25, 0.3) is 16.7 Å². The first kappa shape index (κ1) is 20.5. The molecule has 0 saturated heterocycles. The van der Waals surface area contributed by atoms with Crippen molar-refractivity contribution in [3.8, 4) is 5.69 Å². The molecule has 0 atom stereocenters. The zero-order valence-electron chi connectivity index (χ0n) is 16.0. The molecular weight excluding hydrogens is 417 g/mol. The molecule has 158 valence electrons. The summed E-state index contributed by atoms with van der Waals surface area (Å²) in [5, 5.41) is 2.43. The first-order chi connectivity index (χ1) is 14.7. The molecule has 4 rings (SSSR count). The van der Waals surface area contributed by atoms with Crippen LogP contribution < -0.4 is 5.32 Å². The summed E-state index contributed by atoms with van der Waals surface area (Å²) in [4.78, 5) is 16.0. The lowest BCUT2D eigenvalue weighted by atomic mass is 10.1. The van der Waals surface area contributed by atoms with Gasteiger partial charge in [-0.05, 0) is 55.0 Å². The summed E-state index contributed by atoms with van der Waals surface area (Å²) in [6, 6.07) is 13.7. The summed E-state index contributed by atoms with van der Waals surface area (Å²) >= 11 is 0. The number of imidazole rings is 1. The Morgan fingerprint density at radius 1 is 1.00 bits per heavy atom. The van der Waals surface area contributed by atoms with Crippen molar-refractivity contribution in [3.05, 3.63) is 89.2 Å². The average molecular weight is 431 g/mol. The van der Waals surface area contributed by atoms with Crippen LogP contribution in [0, 0.1) is 18.6 Å². The van der Waals surface area contributed by atoms with E-state index in [1.165, 1.54) is 36.4 Å². The molecule has 1 heterocycles. The molecule has 3 aromatic carbocycles.